The van der Waals surface area contributed by atoms with Crippen LogP contribution in [0.1, 0.15) is 32.3 Å². The van der Waals surface area contributed by atoms with E-state index in [0.29, 0.717) is 41.1 Å². The van der Waals surface area contributed by atoms with Crippen LogP contribution in [0.2, 0.25) is 5.02 Å². The van der Waals surface area contributed by atoms with Crippen LogP contribution in [0.5, 0.6) is 0 Å². The first-order valence-corrected chi connectivity index (χ1v) is 14.8. The van der Waals surface area contributed by atoms with Crippen LogP contribution in [-0.2, 0) is 19.1 Å². The second-order valence-corrected chi connectivity index (χ2v) is 11.5. The second kappa shape index (κ2) is 17.6. The van der Waals surface area contributed by atoms with Crippen molar-refractivity contribution in [2.24, 2.45) is 5.92 Å². The quantitative estimate of drug-likeness (QED) is 0.104. The average molecular weight is 678 g/mol. The third-order valence-electron chi connectivity index (χ3n) is 6.16. The highest BCUT2D eigenvalue weighted by atomic mass is 79.9. The number of nitrogens with two attached hydrogens (primary N) is 2. The first-order valence-electron chi connectivity index (χ1n) is 13.6. The van der Waals surface area contributed by atoms with Gasteiger partial charge in [-0.15, -0.1) is 0 Å². The molecule has 2 fully saturated rings. The lowest BCUT2D eigenvalue weighted by atomic mass is 9.88. The third-order valence-corrected chi connectivity index (χ3v) is 6.91. The number of halogens is 3. The van der Waals surface area contributed by atoms with Gasteiger partial charge in [0.2, 0.25) is 5.91 Å². The van der Waals surface area contributed by atoms with E-state index in [2.05, 4.69) is 47.0 Å². The molecule has 2 unspecified atom stereocenters. The molecule has 6 N–H and O–H groups in total. The van der Waals surface area contributed by atoms with Crippen molar-refractivity contribution in [1.29, 1.82) is 0 Å². The molecular weight excluding hydrogens is 639 g/mol. The number of rotatable bonds is 5. The van der Waals surface area contributed by atoms with Crippen molar-refractivity contribution in [3.8, 4) is 0 Å². The highest BCUT2D eigenvalue weighted by Gasteiger charge is 2.36. The smallest absolute Gasteiger partial charge is 0.310 e. The monoisotopic (exact) mass is 676 g/mol. The van der Waals surface area contributed by atoms with Gasteiger partial charge in [-0.05, 0) is 80.9 Å². The van der Waals surface area contributed by atoms with Crippen LogP contribution in [0, 0.1) is 11.7 Å². The van der Waals surface area contributed by atoms with Crippen molar-refractivity contribution in [1.82, 2.24) is 5.32 Å². The summed E-state index contributed by atoms with van der Waals surface area (Å²) in [5.74, 6) is -1.26. The van der Waals surface area contributed by atoms with Crippen LogP contribution in [0.3, 0.4) is 0 Å². The van der Waals surface area contributed by atoms with E-state index in [1.807, 2.05) is 0 Å². The summed E-state index contributed by atoms with van der Waals surface area (Å²) in [6.45, 7) is 11.7. The average Bonchev–Trinajstić information content (AvgIpc) is 3.45. The number of carbonyl (C=O) groups excluding carboxylic acids is 2. The first kappa shape index (κ1) is 35.8. The third kappa shape index (κ3) is 13.2. The molecule has 0 aromatic heterocycles. The molecule has 0 spiro atoms. The van der Waals surface area contributed by atoms with Crippen molar-refractivity contribution in [3.63, 3.8) is 0 Å². The molecule has 8 nitrogen and oxygen atoms in total. The molecule has 2 saturated heterocycles. The summed E-state index contributed by atoms with van der Waals surface area (Å²) < 4.78 is 24.5. The Balaban J connectivity index is 0.000000221. The van der Waals surface area contributed by atoms with Crippen LogP contribution in [0.25, 0.3) is 0 Å². The van der Waals surface area contributed by atoms with Gasteiger partial charge in [0.15, 0.2) is 0 Å². The number of ether oxygens (including phenoxy) is 2. The number of nitrogen functional groups attached to an aromatic ring is 2. The van der Waals surface area contributed by atoms with E-state index in [4.69, 9.17) is 32.5 Å². The van der Waals surface area contributed by atoms with Gasteiger partial charge in [0, 0.05) is 34.2 Å². The zero-order chi connectivity index (χ0) is 32.0. The number of hydrogen-bond donors (Lipinski definition) is 4. The Morgan fingerprint density at radius 3 is 2.30 bits per heavy atom. The molecule has 2 aliphatic heterocycles. The molecule has 0 saturated carbocycles. The van der Waals surface area contributed by atoms with E-state index in [9.17, 15) is 14.0 Å². The molecule has 0 aliphatic carbocycles. The second-order valence-electron chi connectivity index (χ2n) is 10.2. The minimum atomic E-state index is -0.305. The molecule has 5 rings (SSSR count). The van der Waals surface area contributed by atoms with E-state index < -0.39 is 0 Å². The van der Waals surface area contributed by atoms with Crippen LogP contribution in [0.4, 0.5) is 21.5 Å². The number of epoxide rings is 1. The zero-order valence-corrected chi connectivity index (χ0v) is 26.9. The number of amides is 1. The summed E-state index contributed by atoms with van der Waals surface area (Å²) in [6, 6.07) is 19.1. The molecule has 2 heterocycles. The standard InChI is InChI=1S/C13H15BrFNO2.C9H10N2O.C6H6ClN.C4H8O/c1-2-18-13(17)11-7-16-6-10(11)9-4-3-8(14)5-12(9)15;1-2-9(12)11-8-6-4-3-5-7(8)10;7-5-1-3-6(8)4-2-5;1-4(2)3-5-4/h3-5,10-11,16H,2,6-7H2,1H3;2-6H,1,10H2,(H,11,12);1-4H,8H2;3H2,1-2H3. The van der Waals surface area contributed by atoms with Gasteiger partial charge in [0.1, 0.15) is 5.82 Å². The van der Waals surface area contributed by atoms with Gasteiger partial charge in [0.05, 0.1) is 36.1 Å². The van der Waals surface area contributed by atoms with Gasteiger partial charge in [-0.3, -0.25) is 9.59 Å². The molecule has 2 aliphatic rings. The Kier molecular flexibility index (Phi) is 14.7. The normalized spacial score (nSPS) is 17.3. The van der Waals surface area contributed by atoms with Crippen molar-refractivity contribution >= 4 is 56.5 Å². The summed E-state index contributed by atoms with van der Waals surface area (Å²) in [4.78, 5) is 22.7. The topological polar surface area (TPSA) is 132 Å². The summed E-state index contributed by atoms with van der Waals surface area (Å²) in [5.41, 5.74) is 13.7. The predicted molar refractivity (Wildman–Crippen MR) is 175 cm³/mol. The number of hydrogen-bond acceptors (Lipinski definition) is 7. The van der Waals surface area contributed by atoms with Gasteiger partial charge < -0.3 is 31.6 Å². The molecule has 3 aromatic rings. The van der Waals surface area contributed by atoms with Crippen LogP contribution >= 0.6 is 27.5 Å². The van der Waals surface area contributed by atoms with Crippen molar-refractivity contribution < 1.29 is 23.5 Å². The Bertz CT molecular complexity index is 1330. The molecule has 43 heavy (non-hydrogen) atoms. The largest absolute Gasteiger partial charge is 0.466 e. The van der Waals surface area contributed by atoms with E-state index in [1.165, 1.54) is 12.1 Å². The molecule has 0 bridgehead atoms. The number of para-hydroxylation sites is 2. The number of carbonyl (C=O) groups is 2. The van der Waals surface area contributed by atoms with E-state index >= 15 is 0 Å². The highest BCUT2D eigenvalue weighted by molar-refractivity contribution is 9.10. The van der Waals surface area contributed by atoms with Crippen LogP contribution < -0.4 is 22.1 Å². The lowest BCUT2D eigenvalue weighted by molar-refractivity contribution is -0.147. The minimum absolute atomic E-state index is 0.155. The minimum Gasteiger partial charge on any atom is -0.466 e. The maximum Gasteiger partial charge on any atom is 0.310 e. The molecule has 11 heteroatoms. The van der Waals surface area contributed by atoms with E-state index in [-0.39, 0.29) is 35.1 Å². The maximum absolute atomic E-state index is 13.9. The molecule has 1 amide bonds. The molecule has 3 aromatic carbocycles. The number of nitrogens with one attached hydrogen (secondary N) is 2. The van der Waals surface area contributed by atoms with Crippen LogP contribution in [-0.4, -0.2) is 43.8 Å². The Hall–Kier alpha value is -3.44. The van der Waals surface area contributed by atoms with Crippen LogP contribution in [0.15, 0.2) is 83.9 Å². The number of benzene rings is 3. The summed E-state index contributed by atoms with van der Waals surface area (Å²) in [5, 5.41) is 6.42. The fourth-order valence-corrected chi connectivity index (χ4v) is 4.17. The molecule has 0 radical (unpaired) electrons. The van der Waals surface area contributed by atoms with Crippen molar-refractivity contribution in [3.05, 3.63) is 100 Å². The van der Waals surface area contributed by atoms with Gasteiger partial charge in [-0.1, -0.05) is 52.3 Å². The Morgan fingerprint density at radius 1 is 1.16 bits per heavy atom. The van der Waals surface area contributed by atoms with Gasteiger partial charge >= 0.3 is 5.97 Å². The van der Waals surface area contributed by atoms with Gasteiger partial charge in [0.25, 0.3) is 0 Å². The van der Waals surface area contributed by atoms with E-state index in [0.717, 1.165) is 17.3 Å². The zero-order valence-electron chi connectivity index (χ0n) is 24.5. The Morgan fingerprint density at radius 2 is 1.79 bits per heavy atom. The predicted octanol–water partition coefficient (Wildman–Crippen LogP) is 6.57. The molecule has 232 valence electrons. The maximum atomic E-state index is 13.9. The van der Waals surface area contributed by atoms with Gasteiger partial charge in [-0.2, -0.15) is 0 Å². The fourth-order valence-electron chi connectivity index (χ4n) is 3.71. The Labute approximate surface area is 266 Å². The molecular formula is C32H39BrClFN4O4. The number of anilines is 3. The van der Waals surface area contributed by atoms with Gasteiger partial charge in [-0.25, -0.2) is 4.39 Å². The van der Waals surface area contributed by atoms with E-state index in [1.54, 1.807) is 67.6 Å². The summed E-state index contributed by atoms with van der Waals surface area (Å²) >= 11 is 8.78. The first-order chi connectivity index (χ1) is 20.4. The lowest BCUT2D eigenvalue weighted by Gasteiger charge is -2.18. The fraction of sp³-hybridized carbons (Fsp3) is 0.312. The van der Waals surface area contributed by atoms with Crippen molar-refractivity contribution in [2.45, 2.75) is 32.3 Å². The molecule has 2 atom stereocenters. The summed E-state index contributed by atoms with van der Waals surface area (Å²) in [6.07, 6.45) is 1.20. The van der Waals surface area contributed by atoms with Crippen molar-refractivity contribution in [2.75, 3.05) is 43.1 Å². The highest BCUT2D eigenvalue weighted by Crippen LogP contribution is 2.32. The lowest BCUT2D eigenvalue weighted by Crippen LogP contribution is -2.24. The number of esters is 1. The summed E-state index contributed by atoms with van der Waals surface area (Å²) in [7, 11) is 0. The SMILES string of the molecule is C=CC(=O)Nc1ccccc1N.CC1(C)CO1.CCOC(=O)C1CNCC1c1ccc(Br)cc1F.Nc1ccc(Cl)cc1.